The lowest BCUT2D eigenvalue weighted by Gasteiger charge is -2.26. The molecule has 0 atom stereocenters. The van der Waals surface area contributed by atoms with Gasteiger partial charge in [-0.05, 0) is 40.3 Å². The Morgan fingerprint density at radius 3 is 2.29 bits per heavy atom. The zero-order valence-electron chi connectivity index (χ0n) is 10.2. The van der Waals surface area contributed by atoms with Gasteiger partial charge in [-0.15, -0.1) is 0 Å². The first-order chi connectivity index (χ1) is 6.27. The van der Waals surface area contributed by atoms with Crippen molar-refractivity contribution in [2.24, 2.45) is 11.1 Å². The third-order valence-corrected chi connectivity index (χ3v) is 2.92. The topological polar surface area (TPSA) is 53.1 Å². The molecule has 0 aliphatic carbocycles. The second-order valence-electron chi connectivity index (χ2n) is 4.98. The predicted octanol–water partition coefficient (Wildman–Crippen LogP) is 2.07. The van der Waals surface area contributed by atoms with Gasteiger partial charge < -0.3 is 10.6 Å². The third kappa shape index (κ3) is 4.61. The van der Waals surface area contributed by atoms with E-state index in [1.807, 2.05) is 13.8 Å². The average molecular weight is 199 g/mol. The van der Waals surface area contributed by atoms with Gasteiger partial charge in [0.05, 0.1) is 5.84 Å². The molecule has 0 radical (unpaired) electrons. The summed E-state index contributed by atoms with van der Waals surface area (Å²) in [6.45, 7) is 9.52. The highest BCUT2D eigenvalue weighted by Gasteiger charge is 2.21. The van der Waals surface area contributed by atoms with Crippen LogP contribution in [0.15, 0.2) is 0 Å². The molecule has 14 heavy (non-hydrogen) atoms. The molecule has 0 aromatic heterocycles. The van der Waals surface area contributed by atoms with E-state index in [0.717, 1.165) is 19.4 Å². The van der Waals surface area contributed by atoms with Crippen molar-refractivity contribution >= 4 is 5.84 Å². The number of hydrogen-bond acceptors (Lipinski definition) is 2. The first-order valence-electron chi connectivity index (χ1n) is 5.32. The summed E-state index contributed by atoms with van der Waals surface area (Å²) < 4.78 is 0. The molecule has 0 bridgehead atoms. The second-order valence-corrected chi connectivity index (χ2v) is 4.98. The van der Waals surface area contributed by atoms with Crippen LogP contribution in [0.25, 0.3) is 0 Å². The van der Waals surface area contributed by atoms with E-state index in [1.165, 1.54) is 0 Å². The number of hydrogen-bond donors (Lipinski definition) is 2. The SMILES string of the molecule is CC(C)N(C)CCCC(C)(C)C(=N)N. The summed E-state index contributed by atoms with van der Waals surface area (Å²) in [5.74, 6) is 0.296. The van der Waals surface area contributed by atoms with Crippen LogP contribution in [0.5, 0.6) is 0 Å². The van der Waals surface area contributed by atoms with Crippen LogP contribution in [0.1, 0.15) is 40.5 Å². The van der Waals surface area contributed by atoms with Crippen molar-refractivity contribution in [1.29, 1.82) is 5.41 Å². The summed E-state index contributed by atoms with van der Waals surface area (Å²) in [5.41, 5.74) is 5.38. The molecule has 0 amide bonds. The molecule has 0 fully saturated rings. The van der Waals surface area contributed by atoms with Crippen molar-refractivity contribution in [3.63, 3.8) is 0 Å². The van der Waals surface area contributed by atoms with Crippen LogP contribution in [-0.2, 0) is 0 Å². The van der Waals surface area contributed by atoms with Crippen LogP contribution >= 0.6 is 0 Å². The maximum atomic E-state index is 7.43. The highest BCUT2D eigenvalue weighted by atomic mass is 15.1. The van der Waals surface area contributed by atoms with E-state index in [2.05, 4.69) is 25.8 Å². The van der Waals surface area contributed by atoms with E-state index in [4.69, 9.17) is 11.1 Å². The highest BCUT2D eigenvalue weighted by Crippen LogP contribution is 2.21. The second kappa shape index (κ2) is 5.35. The first kappa shape index (κ1) is 13.4. The summed E-state index contributed by atoms with van der Waals surface area (Å²) >= 11 is 0. The molecule has 3 nitrogen and oxygen atoms in total. The van der Waals surface area contributed by atoms with E-state index in [0.29, 0.717) is 11.9 Å². The van der Waals surface area contributed by atoms with Gasteiger partial charge in [-0.1, -0.05) is 13.8 Å². The molecular weight excluding hydrogens is 174 g/mol. The smallest absolute Gasteiger partial charge is 0.0963 e. The van der Waals surface area contributed by atoms with Crippen LogP contribution in [0.4, 0.5) is 0 Å². The largest absolute Gasteiger partial charge is 0.387 e. The van der Waals surface area contributed by atoms with Crippen LogP contribution in [-0.4, -0.2) is 30.4 Å². The fraction of sp³-hybridized carbons (Fsp3) is 0.909. The number of amidine groups is 1. The Labute approximate surface area is 88.2 Å². The molecule has 0 aromatic rings. The van der Waals surface area contributed by atoms with Crippen molar-refractivity contribution in [3.05, 3.63) is 0 Å². The standard InChI is InChI=1S/C11H25N3/c1-9(2)14(5)8-6-7-11(3,4)10(12)13/h9H,6-8H2,1-5H3,(H3,12,13). The minimum atomic E-state index is -0.141. The van der Waals surface area contributed by atoms with Gasteiger partial charge in [-0.25, -0.2) is 0 Å². The molecule has 84 valence electrons. The predicted molar refractivity (Wildman–Crippen MR) is 62.7 cm³/mol. The van der Waals surface area contributed by atoms with Crippen molar-refractivity contribution in [1.82, 2.24) is 4.90 Å². The van der Waals surface area contributed by atoms with Gasteiger partial charge in [0, 0.05) is 11.5 Å². The van der Waals surface area contributed by atoms with E-state index in [9.17, 15) is 0 Å². The lowest BCUT2D eigenvalue weighted by Crippen LogP contribution is -2.33. The Kier molecular flexibility index (Phi) is 5.13. The van der Waals surface area contributed by atoms with Crippen molar-refractivity contribution < 1.29 is 0 Å². The molecule has 0 saturated carbocycles. The Bertz CT molecular complexity index is 185. The quantitative estimate of drug-likeness (QED) is 0.508. The zero-order valence-corrected chi connectivity index (χ0v) is 10.2. The fourth-order valence-electron chi connectivity index (χ4n) is 1.16. The van der Waals surface area contributed by atoms with E-state index < -0.39 is 0 Å². The Balaban J connectivity index is 3.79. The molecule has 0 heterocycles. The molecule has 0 aliphatic rings. The molecule has 0 rings (SSSR count). The van der Waals surface area contributed by atoms with Gasteiger partial charge >= 0.3 is 0 Å². The Morgan fingerprint density at radius 1 is 1.43 bits per heavy atom. The summed E-state index contributed by atoms with van der Waals surface area (Å²) in [6.07, 6.45) is 2.08. The van der Waals surface area contributed by atoms with E-state index in [1.54, 1.807) is 0 Å². The third-order valence-electron chi connectivity index (χ3n) is 2.92. The number of nitrogens with one attached hydrogen (secondary N) is 1. The molecule has 3 heteroatoms. The van der Waals surface area contributed by atoms with E-state index in [-0.39, 0.29) is 5.41 Å². The Morgan fingerprint density at radius 2 is 1.93 bits per heavy atom. The maximum absolute atomic E-state index is 7.43. The molecular formula is C11H25N3. The lowest BCUT2D eigenvalue weighted by atomic mass is 9.86. The minimum Gasteiger partial charge on any atom is -0.387 e. The van der Waals surface area contributed by atoms with Crippen molar-refractivity contribution in [2.45, 2.75) is 46.6 Å². The van der Waals surface area contributed by atoms with Crippen LogP contribution in [0, 0.1) is 10.8 Å². The van der Waals surface area contributed by atoms with Crippen LogP contribution < -0.4 is 5.73 Å². The van der Waals surface area contributed by atoms with Gasteiger partial charge in [-0.2, -0.15) is 0 Å². The lowest BCUT2D eigenvalue weighted by molar-refractivity contribution is 0.257. The molecule has 3 N–H and O–H groups in total. The Hall–Kier alpha value is -0.570. The molecule has 0 saturated heterocycles. The summed E-state index contributed by atoms with van der Waals surface area (Å²) in [4.78, 5) is 2.32. The van der Waals surface area contributed by atoms with Crippen LogP contribution in [0.2, 0.25) is 0 Å². The first-order valence-corrected chi connectivity index (χ1v) is 5.32. The summed E-state index contributed by atoms with van der Waals surface area (Å²) in [6, 6.07) is 0.593. The number of nitrogens with zero attached hydrogens (tertiary/aromatic N) is 1. The molecule has 0 aliphatic heterocycles. The molecule has 0 unspecified atom stereocenters. The molecule has 0 aromatic carbocycles. The monoisotopic (exact) mass is 199 g/mol. The molecule has 0 spiro atoms. The maximum Gasteiger partial charge on any atom is 0.0963 e. The van der Waals surface area contributed by atoms with Crippen LogP contribution in [0.3, 0.4) is 0 Å². The van der Waals surface area contributed by atoms with Gasteiger partial charge in [0.15, 0.2) is 0 Å². The van der Waals surface area contributed by atoms with E-state index >= 15 is 0 Å². The summed E-state index contributed by atoms with van der Waals surface area (Å²) in [7, 11) is 2.13. The minimum absolute atomic E-state index is 0.141. The van der Waals surface area contributed by atoms with Crippen molar-refractivity contribution in [3.8, 4) is 0 Å². The average Bonchev–Trinajstić information content (AvgIpc) is 2.03. The number of nitrogens with two attached hydrogens (primary N) is 1. The van der Waals surface area contributed by atoms with Gasteiger partial charge in [0.25, 0.3) is 0 Å². The van der Waals surface area contributed by atoms with Gasteiger partial charge in [-0.3, -0.25) is 5.41 Å². The number of rotatable bonds is 6. The normalized spacial score (nSPS) is 12.5. The van der Waals surface area contributed by atoms with Crippen molar-refractivity contribution in [2.75, 3.05) is 13.6 Å². The fourth-order valence-corrected chi connectivity index (χ4v) is 1.16. The van der Waals surface area contributed by atoms with Gasteiger partial charge in [0.2, 0.25) is 0 Å². The summed E-state index contributed by atoms with van der Waals surface area (Å²) in [5, 5.41) is 7.43. The zero-order chi connectivity index (χ0) is 11.4. The van der Waals surface area contributed by atoms with Gasteiger partial charge in [0.1, 0.15) is 0 Å². The highest BCUT2D eigenvalue weighted by molar-refractivity contribution is 5.82.